The van der Waals surface area contributed by atoms with Gasteiger partial charge in [0.2, 0.25) is 5.91 Å². The number of aromatic nitrogens is 1. The van der Waals surface area contributed by atoms with Crippen LogP contribution in [0.4, 0.5) is 10.1 Å². The van der Waals surface area contributed by atoms with Crippen LogP contribution in [0.25, 0.3) is 0 Å². The first-order chi connectivity index (χ1) is 8.25. The number of amides is 1. The number of anilines is 1. The highest BCUT2D eigenvalue weighted by Crippen LogP contribution is 2.12. The van der Waals surface area contributed by atoms with E-state index in [1.165, 1.54) is 12.3 Å². The molecule has 0 aliphatic carbocycles. The summed E-state index contributed by atoms with van der Waals surface area (Å²) in [6, 6.07) is 3.42. The van der Waals surface area contributed by atoms with Crippen LogP contribution < -0.4 is 5.32 Å². The molecule has 2 aromatic heterocycles. The summed E-state index contributed by atoms with van der Waals surface area (Å²) < 4.78 is 13.2. The normalized spacial score (nSPS) is 10.2. The number of nitrogens with one attached hydrogen (secondary N) is 1. The number of hydrogen-bond donors (Lipinski definition) is 1. The summed E-state index contributed by atoms with van der Waals surface area (Å²) in [6.45, 7) is 0. The van der Waals surface area contributed by atoms with Crippen molar-refractivity contribution in [2.45, 2.75) is 12.8 Å². The van der Waals surface area contributed by atoms with Crippen molar-refractivity contribution < 1.29 is 9.18 Å². The number of rotatable bonds is 4. The van der Waals surface area contributed by atoms with Gasteiger partial charge in [-0.25, -0.2) is 4.39 Å². The third-order valence-electron chi connectivity index (χ3n) is 2.27. The van der Waals surface area contributed by atoms with Gasteiger partial charge in [-0.3, -0.25) is 9.78 Å². The zero-order valence-corrected chi connectivity index (χ0v) is 9.84. The fraction of sp³-hybridized carbons (Fsp3) is 0.167. The van der Waals surface area contributed by atoms with Gasteiger partial charge in [-0.2, -0.15) is 11.3 Å². The molecule has 88 valence electrons. The maximum atomic E-state index is 13.2. The number of aryl methyl sites for hydroxylation is 1. The molecule has 0 spiro atoms. The van der Waals surface area contributed by atoms with E-state index in [4.69, 9.17) is 0 Å². The molecule has 0 atom stereocenters. The molecule has 2 rings (SSSR count). The Kier molecular flexibility index (Phi) is 3.82. The van der Waals surface area contributed by atoms with E-state index >= 15 is 0 Å². The van der Waals surface area contributed by atoms with E-state index in [9.17, 15) is 9.18 Å². The second kappa shape index (κ2) is 5.54. The molecule has 3 nitrogen and oxygen atoms in total. The lowest BCUT2D eigenvalue weighted by Crippen LogP contribution is -2.13. The molecule has 0 bridgehead atoms. The zero-order chi connectivity index (χ0) is 12.1. The molecule has 0 aromatic carbocycles. The minimum absolute atomic E-state index is 0.176. The van der Waals surface area contributed by atoms with Crippen LogP contribution in [-0.2, 0) is 11.2 Å². The first kappa shape index (κ1) is 11.7. The van der Waals surface area contributed by atoms with Crippen molar-refractivity contribution >= 4 is 22.9 Å². The smallest absolute Gasteiger partial charge is 0.224 e. The highest BCUT2D eigenvalue weighted by Gasteiger charge is 2.06. The molecule has 0 unspecified atom stereocenters. The predicted molar refractivity (Wildman–Crippen MR) is 65.5 cm³/mol. The predicted octanol–water partition coefficient (Wildman–Crippen LogP) is 2.85. The molecule has 0 saturated carbocycles. The summed E-state index contributed by atoms with van der Waals surface area (Å²) in [5.41, 5.74) is 1.30. The summed E-state index contributed by atoms with van der Waals surface area (Å²) in [5.74, 6) is -0.710. The number of thiophene rings is 1. The van der Waals surface area contributed by atoms with E-state index in [1.807, 2.05) is 16.8 Å². The minimum atomic E-state index is -0.517. The molecule has 0 radical (unpaired) electrons. The van der Waals surface area contributed by atoms with Crippen molar-refractivity contribution in [3.05, 3.63) is 46.7 Å². The van der Waals surface area contributed by atoms with Gasteiger partial charge in [-0.05, 0) is 34.9 Å². The van der Waals surface area contributed by atoms with Gasteiger partial charge >= 0.3 is 0 Å². The lowest BCUT2D eigenvalue weighted by molar-refractivity contribution is -0.116. The molecular formula is C12H11FN2OS. The van der Waals surface area contributed by atoms with Gasteiger partial charge < -0.3 is 5.32 Å². The molecule has 1 amide bonds. The standard InChI is InChI=1S/C12H11FN2OS/c13-10-7-14-5-3-11(10)15-12(16)2-1-9-4-6-17-8-9/h3-8H,1-2H2,(H,14,15,16). The molecule has 17 heavy (non-hydrogen) atoms. The van der Waals surface area contributed by atoms with Crippen molar-refractivity contribution in [2.75, 3.05) is 5.32 Å². The third-order valence-corrected chi connectivity index (χ3v) is 3.00. The van der Waals surface area contributed by atoms with E-state index < -0.39 is 5.82 Å². The molecule has 0 saturated heterocycles. The van der Waals surface area contributed by atoms with Gasteiger partial charge in [0.15, 0.2) is 5.82 Å². The number of hydrogen-bond acceptors (Lipinski definition) is 3. The van der Waals surface area contributed by atoms with E-state index in [-0.39, 0.29) is 11.6 Å². The average Bonchev–Trinajstić information content (AvgIpc) is 2.82. The van der Waals surface area contributed by atoms with Crippen molar-refractivity contribution in [3.8, 4) is 0 Å². The highest BCUT2D eigenvalue weighted by molar-refractivity contribution is 7.07. The van der Waals surface area contributed by atoms with Crippen molar-refractivity contribution in [2.24, 2.45) is 0 Å². The number of carbonyl (C=O) groups excluding carboxylic acids is 1. The topological polar surface area (TPSA) is 42.0 Å². The lowest BCUT2D eigenvalue weighted by Gasteiger charge is -2.04. The zero-order valence-electron chi connectivity index (χ0n) is 9.02. The van der Waals surface area contributed by atoms with Gasteiger partial charge in [-0.1, -0.05) is 0 Å². The Morgan fingerprint density at radius 2 is 2.35 bits per heavy atom. The molecule has 0 aliphatic heterocycles. The number of nitrogens with zero attached hydrogens (tertiary/aromatic N) is 1. The number of halogens is 1. The fourth-order valence-corrected chi connectivity index (χ4v) is 2.09. The van der Waals surface area contributed by atoms with Crippen LogP contribution in [0.5, 0.6) is 0 Å². The summed E-state index contributed by atoms with van der Waals surface area (Å²) in [4.78, 5) is 15.2. The Morgan fingerprint density at radius 1 is 1.47 bits per heavy atom. The number of carbonyl (C=O) groups is 1. The largest absolute Gasteiger partial charge is 0.323 e. The van der Waals surface area contributed by atoms with E-state index in [2.05, 4.69) is 10.3 Å². The summed E-state index contributed by atoms with van der Waals surface area (Å²) >= 11 is 1.60. The molecule has 2 aromatic rings. The van der Waals surface area contributed by atoms with Gasteiger partial charge in [0.05, 0.1) is 11.9 Å². The summed E-state index contributed by atoms with van der Waals surface area (Å²) in [6.07, 6.45) is 3.53. The molecule has 1 N–H and O–H groups in total. The second-order valence-corrected chi connectivity index (χ2v) is 4.32. The summed E-state index contributed by atoms with van der Waals surface area (Å²) in [7, 11) is 0. The quantitative estimate of drug-likeness (QED) is 0.906. The Labute approximate surface area is 102 Å². The molecular weight excluding hydrogens is 239 g/mol. The lowest BCUT2D eigenvalue weighted by atomic mass is 10.2. The monoisotopic (exact) mass is 250 g/mol. The summed E-state index contributed by atoms with van der Waals surface area (Å²) in [5, 5.41) is 6.49. The van der Waals surface area contributed by atoms with Crippen LogP contribution in [0, 0.1) is 5.82 Å². The van der Waals surface area contributed by atoms with Crippen LogP contribution in [-0.4, -0.2) is 10.9 Å². The van der Waals surface area contributed by atoms with Crippen LogP contribution in [0.1, 0.15) is 12.0 Å². The Morgan fingerprint density at radius 3 is 3.06 bits per heavy atom. The molecule has 5 heteroatoms. The average molecular weight is 250 g/mol. The van der Waals surface area contributed by atoms with Crippen molar-refractivity contribution in [3.63, 3.8) is 0 Å². The second-order valence-electron chi connectivity index (χ2n) is 3.54. The first-order valence-corrected chi connectivity index (χ1v) is 6.10. The molecule has 2 heterocycles. The molecule has 0 fully saturated rings. The van der Waals surface area contributed by atoms with Gasteiger partial charge in [0.1, 0.15) is 0 Å². The minimum Gasteiger partial charge on any atom is -0.323 e. The van der Waals surface area contributed by atoms with E-state index in [1.54, 1.807) is 11.3 Å². The van der Waals surface area contributed by atoms with Gasteiger partial charge in [-0.15, -0.1) is 0 Å². The Bertz CT molecular complexity index is 499. The van der Waals surface area contributed by atoms with E-state index in [0.29, 0.717) is 12.8 Å². The van der Waals surface area contributed by atoms with Crippen molar-refractivity contribution in [1.82, 2.24) is 4.98 Å². The highest BCUT2D eigenvalue weighted by atomic mass is 32.1. The first-order valence-electron chi connectivity index (χ1n) is 5.16. The van der Waals surface area contributed by atoms with Crippen LogP contribution in [0.3, 0.4) is 0 Å². The van der Waals surface area contributed by atoms with Gasteiger partial charge in [0.25, 0.3) is 0 Å². The van der Waals surface area contributed by atoms with Crippen molar-refractivity contribution in [1.29, 1.82) is 0 Å². The third kappa shape index (κ3) is 3.35. The van der Waals surface area contributed by atoms with Gasteiger partial charge in [0, 0.05) is 12.6 Å². The fourth-order valence-electron chi connectivity index (χ4n) is 1.38. The molecule has 0 aliphatic rings. The van der Waals surface area contributed by atoms with Crippen LogP contribution in [0.15, 0.2) is 35.3 Å². The number of pyridine rings is 1. The Balaban J connectivity index is 1.87. The van der Waals surface area contributed by atoms with E-state index in [0.717, 1.165) is 11.8 Å². The van der Waals surface area contributed by atoms with Crippen LogP contribution >= 0.6 is 11.3 Å². The maximum Gasteiger partial charge on any atom is 0.224 e. The maximum absolute atomic E-state index is 13.2. The van der Waals surface area contributed by atoms with Crippen LogP contribution in [0.2, 0.25) is 0 Å². The Hall–Kier alpha value is -1.75. The SMILES string of the molecule is O=C(CCc1ccsc1)Nc1ccncc1F.